The van der Waals surface area contributed by atoms with E-state index in [0.29, 0.717) is 17.6 Å². The summed E-state index contributed by atoms with van der Waals surface area (Å²) in [6, 6.07) is 0. The van der Waals surface area contributed by atoms with Crippen molar-refractivity contribution >= 4 is 17.4 Å². The third-order valence-electron chi connectivity index (χ3n) is 2.24. The van der Waals surface area contributed by atoms with Gasteiger partial charge >= 0.3 is 0 Å². The molecule has 0 aromatic rings. The molecule has 0 bridgehead atoms. The van der Waals surface area contributed by atoms with Crippen molar-refractivity contribution in [3.63, 3.8) is 0 Å². The van der Waals surface area contributed by atoms with Crippen LogP contribution in [0.25, 0.3) is 0 Å². The van der Waals surface area contributed by atoms with Gasteiger partial charge in [-0.1, -0.05) is 13.0 Å². The molecule has 0 unspecified atom stereocenters. The third-order valence-corrected chi connectivity index (χ3v) is 2.51. The molecule has 0 spiro atoms. The van der Waals surface area contributed by atoms with Crippen LogP contribution in [0.2, 0.25) is 0 Å². The fraction of sp³-hybridized carbons (Fsp3) is 0.700. The van der Waals surface area contributed by atoms with Gasteiger partial charge in [0, 0.05) is 12.3 Å². The number of halogens is 1. The van der Waals surface area contributed by atoms with Crippen LogP contribution in [0.5, 0.6) is 0 Å². The van der Waals surface area contributed by atoms with Gasteiger partial charge in [0.2, 0.25) is 0 Å². The first-order chi connectivity index (χ1) is 5.74. The molecule has 1 aliphatic rings. The van der Waals surface area contributed by atoms with E-state index in [1.54, 1.807) is 0 Å². The van der Waals surface area contributed by atoms with Crippen molar-refractivity contribution in [2.45, 2.75) is 32.6 Å². The average molecular weight is 187 g/mol. The second-order valence-corrected chi connectivity index (χ2v) is 3.87. The molecule has 12 heavy (non-hydrogen) atoms. The molecule has 0 N–H and O–H groups in total. The second kappa shape index (κ2) is 4.66. The first-order valence-electron chi connectivity index (χ1n) is 4.52. The summed E-state index contributed by atoms with van der Waals surface area (Å²) in [5.41, 5.74) is 1.01. The van der Waals surface area contributed by atoms with E-state index < -0.39 is 0 Å². The summed E-state index contributed by atoms with van der Waals surface area (Å²) in [5, 5.41) is 0. The van der Waals surface area contributed by atoms with Gasteiger partial charge in [-0.05, 0) is 30.8 Å². The predicted octanol–water partition coefficient (Wildman–Crippen LogP) is 2.93. The lowest BCUT2D eigenvalue weighted by atomic mass is 9.88. The Hall–Kier alpha value is -0.300. The van der Waals surface area contributed by atoms with Crippen molar-refractivity contribution in [1.82, 2.24) is 0 Å². The van der Waals surface area contributed by atoms with Crippen LogP contribution in [0.4, 0.5) is 0 Å². The standard InChI is InChI=1S/C10H15ClO/c1-8-4-5-9(3-2-6-11)10(12)7-8/h5,8H,2-4,6-7H2,1H3/t8-/m1/s1. The smallest absolute Gasteiger partial charge is 0.158 e. The number of Topliss-reactive ketones (excluding diaryl/α,β-unsaturated/α-hetero) is 1. The number of allylic oxidation sites excluding steroid dienone is 2. The van der Waals surface area contributed by atoms with Crippen LogP contribution in [0.3, 0.4) is 0 Å². The van der Waals surface area contributed by atoms with E-state index in [1.165, 1.54) is 0 Å². The minimum absolute atomic E-state index is 0.332. The molecule has 2 heteroatoms. The molecule has 0 fully saturated rings. The molecule has 0 amide bonds. The van der Waals surface area contributed by atoms with Crippen molar-refractivity contribution in [1.29, 1.82) is 0 Å². The summed E-state index contributed by atoms with van der Waals surface area (Å²) in [5.74, 6) is 1.52. The number of carbonyl (C=O) groups is 1. The Balaban J connectivity index is 2.47. The maximum atomic E-state index is 11.4. The molecule has 0 heterocycles. The summed E-state index contributed by atoms with van der Waals surface area (Å²) >= 11 is 5.56. The molecule has 0 saturated heterocycles. The summed E-state index contributed by atoms with van der Waals surface area (Å²) < 4.78 is 0. The largest absolute Gasteiger partial charge is 0.295 e. The van der Waals surface area contributed by atoms with E-state index in [9.17, 15) is 4.79 Å². The van der Waals surface area contributed by atoms with Gasteiger partial charge in [0.25, 0.3) is 0 Å². The lowest BCUT2D eigenvalue weighted by molar-refractivity contribution is -0.116. The van der Waals surface area contributed by atoms with Gasteiger partial charge in [0.05, 0.1) is 0 Å². The maximum Gasteiger partial charge on any atom is 0.158 e. The second-order valence-electron chi connectivity index (χ2n) is 3.49. The zero-order valence-corrected chi connectivity index (χ0v) is 8.23. The van der Waals surface area contributed by atoms with Gasteiger partial charge in [-0.2, -0.15) is 0 Å². The van der Waals surface area contributed by atoms with Gasteiger partial charge in [0.1, 0.15) is 0 Å². The highest BCUT2D eigenvalue weighted by Crippen LogP contribution is 2.22. The lowest BCUT2D eigenvalue weighted by Crippen LogP contribution is -2.13. The van der Waals surface area contributed by atoms with E-state index in [1.807, 2.05) is 0 Å². The van der Waals surface area contributed by atoms with Gasteiger partial charge in [-0.3, -0.25) is 4.79 Å². The zero-order valence-electron chi connectivity index (χ0n) is 7.48. The van der Waals surface area contributed by atoms with Gasteiger partial charge in [-0.25, -0.2) is 0 Å². The minimum Gasteiger partial charge on any atom is -0.295 e. The monoisotopic (exact) mass is 186 g/mol. The Morgan fingerprint density at radius 3 is 3.00 bits per heavy atom. The van der Waals surface area contributed by atoms with Crippen LogP contribution in [0, 0.1) is 5.92 Å². The molecule has 0 radical (unpaired) electrons. The van der Waals surface area contributed by atoms with Crippen molar-refractivity contribution in [3.05, 3.63) is 11.6 Å². The van der Waals surface area contributed by atoms with E-state index in [2.05, 4.69) is 13.0 Å². The van der Waals surface area contributed by atoms with Crippen LogP contribution in [0.1, 0.15) is 32.6 Å². The van der Waals surface area contributed by atoms with Gasteiger partial charge in [-0.15, -0.1) is 11.6 Å². The minimum atomic E-state index is 0.332. The molecule has 1 nitrogen and oxygen atoms in total. The number of alkyl halides is 1. The molecule has 0 aromatic carbocycles. The van der Waals surface area contributed by atoms with E-state index in [4.69, 9.17) is 11.6 Å². The number of carbonyl (C=O) groups excluding carboxylic acids is 1. The number of rotatable bonds is 3. The maximum absolute atomic E-state index is 11.4. The SMILES string of the molecule is C[C@@H]1CC=C(CCCCl)C(=O)C1. The van der Waals surface area contributed by atoms with Crippen molar-refractivity contribution in [2.75, 3.05) is 5.88 Å². The molecular weight excluding hydrogens is 172 g/mol. The van der Waals surface area contributed by atoms with Crippen LogP contribution in [-0.4, -0.2) is 11.7 Å². The fourth-order valence-electron chi connectivity index (χ4n) is 1.49. The highest BCUT2D eigenvalue weighted by Gasteiger charge is 2.17. The Morgan fingerprint density at radius 2 is 2.42 bits per heavy atom. The molecule has 0 aliphatic heterocycles. The zero-order chi connectivity index (χ0) is 8.97. The highest BCUT2D eigenvalue weighted by atomic mass is 35.5. The van der Waals surface area contributed by atoms with E-state index >= 15 is 0 Å². The van der Waals surface area contributed by atoms with Crippen LogP contribution in [0.15, 0.2) is 11.6 Å². The molecular formula is C10H15ClO. The fourth-order valence-corrected chi connectivity index (χ4v) is 1.62. The summed E-state index contributed by atoms with van der Waals surface area (Å²) in [6.07, 6.45) is 5.67. The average Bonchev–Trinajstić information content (AvgIpc) is 2.03. The van der Waals surface area contributed by atoms with E-state index in [0.717, 1.165) is 31.3 Å². The van der Waals surface area contributed by atoms with Gasteiger partial charge in [0.15, 0.2) is 5.78 Å². The normalized spacial score (nSPS) is 24.0. The quantitative estimate of drug-likeness (QED) is 0.620. The van der Waals surface area contributed by atoms with Crippen molar-refractivity contribution in [3.8, 4) is 0 Å². The van der Waals surface area contributed by atoms with Gasteiger partial charge < -0.3 is 0 Å². The third kappa shape index (κ3) is 2.63. The highest BCUT2D eigenvalue weighted by molar-refractivity contribution is 6.17. The van der Waals surface area contributed by atoms with Crippen LogP contribution in [-0.2, 0) is 4.79 Å². The van der Waals surface area contributed by atoms with Crippen molar-refractivity contribution < 1.29 is 4.79 Å². The first-order valence-corrected chi connectivity index (χ1v) is 5.05. The molecule has 0 saturated carbocycles. The molecule has 0 aromatic heterocycles. The Bertz CT molecular complexity index is 196. The van der Waals surface area contributed by atoms with Crippen LogP contribution >= 0.6 is 11.6 Å². The Labute approximate surface area is 78.8 Å². The molecule has 68 valence electrons. The predicted molar refractivity (Wildman–Crippen MR) is 51.4 cm³/mol. The Kier molecular flexibility index (Phi) is 3.80. The first kappa shape index (κ1) is 9.79. The number of hydrogen-bond donors (Lipinski definition) is 0. The van der Waals surface area contributed by atoms with Crippen molar-refractivity contribution in [2.24, 2.45) is 5.92 Å². The number of hydrogen-bond acceptors (Lipinski definition) is 1. The van der Waals surface area contributed by atoms with Crippen LogP contribution < -0.4 is 0 Å². The Morgan fingerprint density at radius 1 is 1.67 bits per heavy atom. The lowest BCUT2D eigenvalue weighted by Gasteiger charge is -2.16. The van der Waals surface area contributed by atoms with E-state index in [-0.39, 0.29) is 0 Å². The molecule has 1 rings (SSSR count). The number of ketones is 1. The summed E-state index contributed by atoms with van der Waals surface area (Å²) in [6.45, 7) is 2.12. The summed E-state index contributed by atoms with van der Waals surface area (Å²) in [7, 11) is 0. The summed E-state index contributed by atoms with van der Waals surface area (Å²) in [4.78, 5) is 11.4. The molecule has 1 atom stereocenters. The molecule has 1 aliphatic carbocycles. The topological polar surface area (TPSA) is 17.1 Å².